The monoisotopic (exact) mass is 432 g/mol. The van der Waals surface area contributed by atoms with Gasteiger partial charge in [0.15, 0.2) is 11.9 Å². The third-order valence-electron chi connectivity index (χ3n) is 4.70. The molecule has 166 valence electrons. The van der Waals surface area contributed by atoms with Crippen LogP contribution in [0, 0.1) is 0 Å². The van der Waals surface area contributed by atoms with Crippen molar-refractivity contribution in [2.75, 3.05) is 14.2 Å². The van der Waals surface area contributed by atoms with E-state index in [9.17, 15) is 20.1 Å². The van der Waals surface area contributed by atoms with Crippen LogP contribution in [0.3, 0.4) is 0 Å². The minimum Gasteiger partial charge on any atom is -0.497 e. The molecule has 3 rings (SSSR count). The number of ether oxygens (including phenoxy) is 5. The molecule has 1 aliphatic heterocycles. The van der Waals surface area contributed by atoms with E-state index in [1.54, 1.807) is 19.2 Å². The lowest BCUT2D eigenvalue weighted by Crippen LogP contribution is -2.53. The van der Waals surface area contributed by atoms with Crippen LogP contribution >= 0.6 is 0 Å². The van der Waals surface area contributed by atoms with E-state index < -0.39 is 30.8 Å². The van der Waals surface area contributed by atoms with Crippen LogP contribution in [0.15, 0.2) is 60.6 Å². The van der Waals surface area contributed by atoms with Gasteiger partial charge in [0, 0.05) is 6.42 Å². The van der Waals surface area contributed by atoms with Gasteiger partial charge in [0.1, 0.15) is 30.0 Å². The molecule has 9 nitrogen and oxygen atoms in total. The number of benzene rings is 2. The van der Waals surface area contributed by atoms with Gasteiger partial charge in [-0.3, -0.25) is 0 Å². The minimum absolute atomic E-state index is 0.291. The van der Waals surface area contributed by atoms with Gasteiger partial charge in [-0.2, -0.15) is 0 Å². The number of hydrogen-bond acceptors (Lipinski definition) is 9. The highest BCUT2D eigenvalue weighted by Crippen LogP contribution is 2.29. The Balaban J connectivity index is 1.78. The number of para-hydroxylation sites is 1. The van der Waals surface area contributed by atoms with Crippen molar-refractivity contribution in [1.82, 2.24) is 0 Å². The lowest BCUT2D eigenvalue weighted by Gasteiger charge is -2.36. The Bertz CT molecular complexity index is 909. The van der Waals surface area contributed by atoms with E-state index in [0.717, 1.165) is 30.2 Å². The number of hydrogen-bond donors (Lipinski definition) is 3. The summed E-state index contributed by atoms with van der Waals surface area (Å²) in [6, 6.07) is 14.7. The smallest absolute Gasteiger partial charge is 0.497 e. The number of rotatable bonds is 6. The van der Waals surface area contributed by atoms with Crippen LogP contribution in [0.2, 0.25) is 0 Å². The van der Waals surface area contributed by atoms with Crippen molar-refractivity contribution < 1.29 is 43.8 Å². The van der Waals surface area contributed by atoms with Crippen molar-refractivity contribution in [3.05, 3.63) is 71.7 Å². The molecule has 2 unspecified atom stereocenters. The van der Waals surface area contributed by atoms with Crippen molar-refractivity contribution in [2.24, 2.45) is 0 Å². The molecular formula is C22H24O9. The maximum Gasteiger partial charge on any atom is 0.513 e. The first-order valence-corrected chi connectivity index (χ1v) is 9.46. The topological polar surface area (TPSA) is 124 Å². The summed E-state index contributed by atoms with van der Waals surface area (Å²) in [5, 5.41) is 30.5. The van der Waals surface area contributed by atoms with Gasteiger partial charge >= 0.3 is 6.16 Å². The highest BCUT2D eigenvalue weighted by atomic mass is 16.7. The fourth-order valence-electron chi connectivity index (χ4n) is 2.99. The van der Waals surface area contributed by atoms with Crippen molar-refractivity contribution in [3.63, 3.8) is 0 Å². The zero-order chi connectivity index (χ0) is 22.4. The first-order chi connectivity index (χ1) is 14.9. The zero-order valence-corrected chi connectivity index (χ0v) is 17.0. The Morgan fingerprint density at radius 3 is 2.42 bits per heavy atom. The van der Waals surface area contributed by atoms with Gasteiger partial charge in [-0.15, -0.1) is 0 Å². The second-order valence-electron chi connectivity index (χ2n) is 6.75. The fourth-order valence-corrected chi connectivity index (χ4v) is 2.99. The van der Waals surface area contributed by atoms with Crippen LogP contribution in [-0.4, -0.2) is 60.3 Å². The third-order valence-corrected chi connectivity index (χ3v) is 4.70. The molecule has 1 aliphatic rings. The van der Waals surface area contributed by atoms with Gasteiger partial charge < -0.3 is 39.0 Å². The summed E-state index contributed by atoms with van der Waals surface area (Å²) in [4.78, 5) is 11.2. The van der Waals surface area contributed by atoms with Crippen LogP contribution in [0.5, 0.6) is 11.5 Å². The molecule has 2 aromatic rings. The van der Waals surface area contributed by atoms with Crippen molar-refractivity contribution in [1.29, 1.82) is 0 Å². The summed E-state index contributed by atoms with van der Waals surface area (Å²) in [7, 11) is 2.71. The van der Waals surface area contributed by atoms with E-state index >= 15 is 0 Å². The van der Waals surface area contributed by atoms with Crippen LogP contribution in [0.25, 0.3) is 0 Å². The van der Waals surface area contributed by atoms with Crippen molar-refractivity contribution >= 4 is 6.16 Å². The second kappa shape index (κ2) is 10.2. The minimum atomic E-state index is -1.63. The van der Waals surface area contributed by atoms with E-state index in [4.69, 9.17) is 14.2 Å². The van der Waals surface area contributed by atoms with Gasteiger partial charge in [-0.1, -0.05) is 30.3 Å². The lowest BCUT2D eigenvalue weighted by atomic mass is 10.0. The third kappa shape index (κ3) is 5.46. The molecule has 1 saturated heterocycles. The molecule has 0 aromatic heterocycles. The zero-order valence-electron chi connectivity index (χ0n) is 17.0. The van der Waals surface area contributed by atoms with E-state index in [0.29, 0.717) is 12.2 Å². The molecule has 1 heterocycles. The molecular weight excluding hydrogens is 408 g/mol. The van der Waals surface area contributed by atoms with Crippen LogP contribution in [0.1, 0.15) is 11.1 Å². The van der Waals surface area contributed by atoms with Crippen LogP contribution < -0.4 is 9.47 Å². The normalized spacial score (nSPS) is 24.2. The largest absolute Gasteiger partial charge is 0.513 e. The highest BCUT2D eigenvalue weighted by Gasteiger charge is 2.43. The number of aliphatic hydroxyl groups excluding tert-OH is 3. The number of aliphatic hydroxyl groups is 3. The van der Waals surface area contributed by atoms with Gasteiger partial charge in [0.25, 0.3) is 6.29 Å². The maximum atomic E-state index is 11.2. The van der Waals surface area contributed by atoms with Gasteiger partial charge in [-0.25, -0.2) is 4.79 Å². The summed E-state index contributed by atoms with van der Waals surface area (Å²) in [5.74, 6) is 0.869. The Morgan fingerprint density at radius 2 is 1.74 bits per heavy atom. The Kier molecular flexibility index (Phi) is 7.35. The molecule has 0 spiro atoms. The van der Waals surface area contributed by atoms with Gasteiger partial charge in [-0.05, 0) is 29.3 Å². The predicted octanol–water partition coefficient (Wildman–Crippen LogP) is 1.73. The van der Waals surface area contributed by atoms with E-state index in [1.165, 1.54) is 0 Å². The number of carbonyl (C=O) groups is 1. The Labute approximate surface area is 179 Å². The molecule has 31 heavy (non-hydrogen) atoms. The van der Waals surface area contributed by atoms with E-state index in [-0.39, 0.29) is 5.76 Å². The molecule has 0 bridgehead atoms. The Morgan fingerprint density at radius 1 is 1.03 bits per heavy atom. The first-order valence-electron chi connectivity index (χ1n) is 9.46. The molecule has 1 fully saturated rings. The summed E-state index contributed by atoms with van der Waals surface area (Å²) in [6.07, 6.45) is -5.87. The summed E-state index contributed by atoms with van der Waals surface area (Å²) >= 11 is 0. The molecule has 4 atom stereocenters. The number of carbonyl (C=O) groups excluding carboxylic acids is 1. The SMILES string of the molecule is COC(=O)O/C=C1/OC(Oc2ccccc2Cc2ccc(OC)cc2)[C@H](O)C(O)[C@@H]1O. The molecule has 0 saturated carbocycles. The average molecular weight is 432 g/mol. The van der Waals surface area contributed by atoms with Gasteiger partial charge in [0.05, 0.1) is 14.2 Å². The van der Waals surface area contributed by atoms with E-state index in [2.05, 4.69) is 9.47 Å². The fraction of sp³-hybridized carbons (Fsp3) is 0.318. The van der Waals surface area contributed by atoms with Gasteiger partial charge in [0.2, 0.25) is 0 Å². The molecule has 0 aliphatic carbocycles. The second-order valence-corrected chi connectivity index (χ2v) is 6.75. The molecule has 3 N–H and O–H groups in total. The first kappa shape index (κ1) is 22.4. The highest BCUT2D eigenvalue weighted by molar-refractivity contribution is 5.60. The number of methoxy groups -OCH3 is 2. The van der Waals surface area contributed by atoms with E-state index in [1.807, 2.05) is 36.4 Å². The summed E-state index contributed by atoms with van der Waals surface area (Å²) < 4.78 is 25.4. The van der Waals surface area contributed by atoms with Crippen LogP contribution in [0.4, 0.5) is 4.79 Å². The quantitative estimate of drug-likeness (QED) is 0.462. The van der Waals surface area contributed by atoms with Crippen molar-refractivity contribution in [2.45, 2.75) is 31.0 Å². The molecule has 0 radical (unpaired) electrons. The maximum absolute atomic E-state index is 11.2. The summed E-state index contributed by atoms with van der Waals surface area (Å²) in [5.41, 5.74) is 1.81. The Hall–Kier alpha value is -3.27. The predicted molar refractivity (Wildman–Crippen MR) is 107 cm³/mol. The lowest BCUT2D eigenvalue weighted by molar-refractivity contribution is -0.215. The average Bonchev–Trinajstić information content (AvgIpc) is 2.80. The summed E-state index contributed by atoms with van der Waals surface area (Å²) in [6.45, 7) is 0. The van der Waals surface area contributed by atoms with Crippen molar-refractivity contribution in [3.8, 4) is 11.5 Å². The van der Waals surface area contributed by atoms with Crippen LogP contribution in [-0.2, 0) is 20.6 Å². The molecule has 9 heteroatoms. The molecule has 0 amide bonds. The standard InChI is InChI=1S/C22H24O9/c1-27-15-9-7-13(8-10-15)11-14-5-3-4-6-16(14)30-21-20(25)19(24)18(23)17(31-21)12-29-22(26)28-2/h3-10,12,18-21,23-25H,11H2,1-2H3/b17-12+/t18-,19?,20-,21?/m1/s1. The molecule has 2 aromatic carbocycles.